The number of phenolic OH excluding ortho intramolecular Hbond substituents is 1. The third kappa shape index (κ3) is 3.32. The van der Waals surface area contributed by atoms with Crippen LogP contribution in [0, 0.1) is 0 Å². The summed E-state index contributed by atoms with van der Waals surface area (Å²) in [6, 6.07) is 9.34. The Morgan fingerprint density at radius 1 is 1.28 bits per heavy atom. The Morgan fingerprint density at radius 2 is 2.00 bits per heavy atom. The van der Waals surface area contributed by atoms with Crippen molar-refractivity contribution < 1.29 is 19.7 Å². The fourth-order valence-corrected chi connectivity index (χ4v) is 4.09. The van der Waals surface area contributed by atoms with E-state index in [1.54, 1.807) is 30.5 Å². The largest absolute Gasteiger partial charge is 0.503 e. The topological polar surface area (TPSA) is 101 Å². The van der Waals surface area contributed by atoms with Gasteiger partial charge in [-0.2, -0.15) is 0 Å². The van der Waals surface area contributed by atoms with E-state index < -0.39 is 5.97 Å². The second-order valence-electron chi connectivity index (χ2n) is 6.11. The molecule has 0 saturated carbocycles. The van der Waals surface area contributed by atoms with Crippen LogP contribution in [0.2, 0.25) is 5.02 Å². The molecule has 9 heteroatoms. The Balaban J connectivity index is 1.84. The smallest absolute Gasteiger partial charge is 0.335 e. The van der Waals surface area contributed by atoms with Gasteiger partial charge in [0.05, 0.1) is 34.1 Å². The quantitative estimate of drug-likeness (QED) is 0.518. The summed E-state index contributed by atoms with van der Waals surface area (Å²) in [6.07, 6.45) is 3.22. The lowest BCUT2D eigenvalue weighted by molar-refractivity contribution is 0.0697. The molecule has 2 aromatic carbocycles. The van der Waals surface area contributed by atoms with E-state index in [-0.39, 0.29) is 27.6 Å². The molecule has 0 spiro atoms. The van der Waals surface area contributed by atoms with Crippen molar-refractivity contribution in [2.75, 3.05) is 7.11 Å². The van der Waals surface area contributed by atoms with E-state index in [0.717, 1.165) is 0 Å². The maximum atomic E-state index is 13.0. The molecule has 0 saturated heterocycles. The van der Waals surface area contributed by atoms with Crippen LogP contribution >= 0.6 is 22.9 Å². The molecule has 29 heavy (non-hydrogen) atoms. The number of aromatic nitrogens is 2. The molecule has 0 aliphatic heterocycles. The number of thiazole rings is 1. The highest BCUT2D eigenvalue weighted by Crippen LogP contribution is 2.35. The van der Waals surface area contributed by atoms with Gasteiger partial charge in [0.2, 0.25) is 0 Å². The number of aromatic carboxylic acids is 1. The third-order valence-corrected chi connectivity index (χ3v) is 5.61. The number of hydrogen-bond acceptors (Lipinski definition) is 6. The molecule has 0 unspecified atom stereocenters. The molecule has 4 aromatic rings. The fourth-order valence-electron chi connectivity index (χ4n) is 2.92. The first-order valence-corrected chi connectivity index (χ1v) is 9.50. The minimum atomic E-state index is -1.02. The van der Waals surface area contributed by atoms with Gasteiger partial charge in [0, 0.05) is 5.56 Å². The molecule has 0 aliphatic carbocycles. The third-order valence-electron chi connectivity index (χ3n) is 4.34. The highest BCUT2D eigenvalue weighted by molar-refractivity contribution is 7.15. The van der Waals surface area contributed by atoms with Gasteiger partial charge in [-0.1, -0.05) is 35.1 Å². The van der Waals surface area contributed by atoms with E-state index in [0.29, 0.717) is 26.3 Å². The number of hydrogen-bond donors (Lipinski definition) is 2. The molecule has 2 heterocycles. The Kier molecular flexibility index (Phi) is 4.73. The molecule has 0 radical (unpaired) electrons. The molecule has 2 aromatic heterocycles. The number of phenols is 1. The molecule has 146 valence electrons. The monoisotopic (exact) mass is 428 g/mol. The molecule has 0 bridgehead atoms. The van der Waals surface area contributed by atoms with Crippen LogP contribution < -0.4 is 14.8 Å². The van der Waals surface area contributed by atoms with Crippen molar-refractivity contribution in [3.63, 3.8) is 0 Å². The standard InChI is InChI=1S/C20H13ClN2O5S/c1-28-15-7-10(6-13(21)17(15)24)8-16-18(25)23-14(9-22-20(23)29-16)11-2-4-12(5-3-11)19(26)27/h2-9,24H,1H3,(H,26,27)/b16-8-. The van der Waals surface area contributed by atoms with Gasteiger partial charge in [-0.15, -0.1) is 0 Å². The summed E-state index contributed by atoms with van der Waals surface area (Å²) in [5.41, 5.74) is 1.74. The number of rotatable bonds is 4. The van der Waals surface area contributed by atoms with E-state index >= 15 is 0 Å². The Morgan fingerprint density at radius 3 is 2.66 bits per heavy atom. The fraction of sp³-hybridized carbons (Fsp3) is 0.0500. The number of methoxy groups -OCH3 is 1. The number of carboxylic acid groups (broad SMARTS) is 1. The van der Waals surface area contributed by atoms with Crippen LogP contribution in [0.25, 0.3) is 22.3 Å². The number of carboxylic acids is 1. The molecule has 2 N–H and O–H groups in total. The number of halogens is 1. The number of ether oxygens (including phenoxy) is 1. The van der Waals surface area contributed by atoms with Crippen molar-refractivity contribution in [1.82, 2.24) is 9.38 Å². The van der Waals surface area contributed by atoms with Gasteiger partial charge in [0.15, 0.2) is 16.5 Å². The average Bonchev–Trinajstić information content (AvgIpc) is 3.25. The van der Waals surface area contributed by atoms with Gasteiger partial charge < -0.3 is 14.9 Å². The zero-order chi connectivity index (χ0) is 20.7. The second kappa shape index (κ2) is 7.23. The number of carbonyl (C=O) groups is 1. The van der Waals surface area contributed by atoms with Crippen LogP contribution in [-0.4, -0.2) is 32.7 Å². The molecule has 0 amide bonds. The lowest BCUT2D eigenvalue weighted by Crippen LogP contribution is -2.23. The molecule has 0 fully saturated rings. The minimum absolute atomic E-state index is 0.114. The summed E-state index contributed by atoms with van der Waals surface area (Å²) in [4.78, 5) is 28.8. The summed E-state index contributed by atoms with van der Waals surface area (Å²) in [5, 5.41) is 19.0. The Labute approximate surface area is 172 Å². The lowest BCUT2D eigenvalue weighted by atomic mass is 10.1. The predicted molar refractivity (Wildman–Crippen MR) is 110 cm³/mol. The summed E-state index contributed by atoms with van der Waals surface area (Å²) in [6.45, 7) is 0. The molecule has 7 nitrogen and oxygen atoms in total. The predicted octanol–water partition coefficient (Wildman–Crippen LogP) is 3.04. The van der Waals surface area contributed by atoms with Gasteiger partial charge in [0.25, 0.3) is 5.56 Å². The summed E-state index contributed by atoms with van der Waals surface area (Å²) in [5.74, 6) is -0.978. The molecule has 0 aliphatic rings. The molecule has 0 atom stereocenters. The lowest BCUT2D eigenvalue weighted by Gasteiger charge is -2.05. The van der Waals surface area contributed by atoms with E-state index in [2.05, 4.69) is 4.98 Å². The second-order valence-corrected chi connectivity index (χ2v) is 7.53. The summed E-state index contributed by atoms with van der Waals surface area (Å²) in [7, 11) is 1.41. The SMILES string of the molecule is COc1cc(/C=c2\sc3ncc(-c4ccc(C(=O)O)cc4)n3c2=O)cc(Cl)c1O. The number of fused-ring (bicyclic) bond motifs is 1. The van der Waals surface area contributed by atoms with Crippen LogP contribution in [-0.2, 0) is 0 Å². The van der Waals surface area contributed by atoms with Gasteiger partial charge in [-0.3, -0.25) is 4.79 Å². The first kappa shape index (κ1) is 19.0. The van der Waals surface area contributed by atoms with Gasteiger partial charge in [-0.25, -0.2) is 14.2 Å². The number of benzene rings is 2. The van der Waals surface area contributed by atoms with E-state index in [1.807, 2.05) is 0 Å². The number of aromatic hydroxyl groups is 1. The zero-order valence-corrected chi connectivity index (χ0v) is 16.5. The first-order chi connectivity index (χ1) is 13.9. The summed E-state index contributed by atoms with van der Waals surface area (Å²) >= 11 is 7.23. The van der Waals surface area contributed by atoms with E-state index in [4.69, 9.17) is 21.4 Å². The van der Waals surface area contributed by atoms with Crippen molar-refractivity contribution in [3.8, 4) is 22.8 Å². The van der Waals surface area contributed by atoms with E-state index in [1.165, 1.54) is 41.0 Å². The van der Waals surface area contributed by atoms with E-state index in [9.17, 15) is 14.7 Å². The maximum Gasteiger partial charge on any atom is 0.335 e. The number of nitrogens with zero attached hydrogens (tertiary/aromatic N) is 2. The molecular weight excluding hydrogens is 416 g/mol. The van der Waals surface area contributed by atoms with Crippen molar-refractivity contribution in [2.45, 2.75) is 0 Å². The van der Waals surface area contributed by atoms with Crippen LogP contribution in [0.3, 0.4) is 0 Å². The minimum Gasteiger partial charge on any atom is -0.503 e. The Hall–Kier alpha value is -3.36. The molecule has 4 rings (SSSR count). The normalized spacial score (nSPS) is 11.9. The average molecular weight is 429 g/mol. The van der Waals surface area contributed by atoms with Crippen molar-refractivity contribution in [1.29, 1.82) is 0 Å². The molecular formula is C20H13ClN2O5S. The van der Waals surface area contributed by atoms with Gasteiger partial charge in [-0.05, 0) is 35.9 Å². The van der Waals surface area contributed by atoms with Crippen LogP contribution in [0.15, 0.2) is 47.4 Å². The highest BCUT2D eigenvalue weighted by atomic mass is 35.5. The Bertz CT molecular complexity index is 1360. The van der Waals surface area contributed by atoms with Crippen molar-refractivity contribution in [2.24, 2.45) is 0 Å². The number of imidazole rings is 1. The maximum absolute atomic E-state index is 13.0. The van der Waals surface area contributed by atoms with Crippen molar-refractivity contribution in [3.05, 3.63) is 73.6 Å². The van der Waals surface area contributed by atoms with Crippen molar-refractivity contribution >= 4 is 39.9 Å². The van der Waals surface area contributed by atoms with Crippen LogP contribution in [0.5, 0.6) is 11.5 Å². The highest BCUT2D eigenvalue weighted by Gasteiger charge is 2.14. The van der Waals surface area contributed by atoms with Crippen LogP contribution in [0.4, 0.5) is 0 Å². The summed E-state index contributed by atoms with van der Waals surface area (Å²) < 4.78 is 7.00. The van der Waals surface area contributed by atoms with Crippen LogP contribution in [0.1, 0.15) is 15.9 Å². The zero-order valence-electron chi connectivity index (χ0n) is 14.9. The van der Waals surface area contributed by atoms with Gasteiger partial charge >= 0.3 is 5.97 Å². The first-order valence-electron chi connectivity index (χ1n) is 8.31. The van der Waals surface area contributed by atoms with Gasteiger partial charge in [0.1, 0.15) is 0 Å².